The zero-order valence-corrected chi connectivity index (χ0v) is 15.4. The maximum atomic E-state index is 12.9. The molecule has 136 valence electrons. The Morgan fingerprint density at radius 1 is 1.16 bits per heavy atom. The van der Waals surface area contributed by atoms with Crippen LogP contribution in [0.3, 0.4) is 0 Å². The smallest absolute Gasteiger partial charge is 0.225 e. The monoisotopic (exact) mass is 341 g/mol. The van der Waals surface area contributed by atoms with Gasteiger partial charge in [0.05, 0.1) is 5.92 Å². The van der Waals surface area contributed by atoms with Crippen molar-refractivity contribution in [2.75, 3.05) is 39.3 Å². The molecule has 0 radical (unpaired) electrons. The number of benzene rings is 1. The second-order valence-electron chi connectivity index (χ2n) is 8.54. The van der Waals surface area contributed by atoms with Crippen LogP contribution in [-0.2, 0) is 11.2 Å². The molecule has 1 amide bonds. The highest BCUT2D eigenvalue weighted by atomic mass is 16.2. The number of hydrogen-bond acceptors (Lipinski definition) is 3. The Kier molecular flexibility index (Phi) is 4.83. The second-order valence-corrected chi connectivity index (χ2v) is 8.54. The third kappa shape index (κ3) is 3.75. The number of amides is 1. The fourth-order valence-corrected chi connectivity index (χ4v) is 4.86. The van der Waals surface area contributed by atoms with Gasteiger partial charge >= 0.3 is 0 Å². The minimum atomic E-state index is 0.188. The lowest BCUT2D eigenvalue weighted by molar-refractivity contribution is -0.137. The molecule has 2 bridgehead atoms. The van der Waals surface area contributed by atoms with Gasteiger partial charge in [0.1, 0.15) is 0 Å². The molecule has 4 aliphatic rings. The zero-order valence-electron chi connectivity index (χ0n) is 15.4. The van der Waals surface area contributed by atoms with Gasteiger partial charge in [-0.1, -0.05) is 37.3 Å². The van der Waals surface area contributed by atoms with Gasteiger partial charge in [-0.3, -0.25) is 4.79 Å². The number of carbonyl (C=O) groups is 1. The fraction of sp³-hybridized carbons (Fsp3) is 0.667. The first-order valence-corrected chi connectivity index (χ1v) is 9.91. The molecule has 4 heterocycles. The summed E-state index contributed by atoms with van der Waals surface area (Å²) in [4.78, 5) is 17.8. The molecule has 4 saturated heterocycles. The molecular weight excluding hydrogens is 310 g/mol. The van der Waals surface area contributed by atoms with E-state index < -0.39 is 0 Å². The summed E-state index contributed by atoms with van der Waals surface area (Å²) in [5.74, 6) is 0.496. The number of fused-ring (bicyclic) bond motifs is 3. The average molecular weight is 341 g/mol. The molecule has 1 N–H and O–H groups in total. The molecule has 2 unspecified atom stereocenters. The van der Waals surface area contributed by atoms with Crippen LogP contribution in [-0.4, -0.2) is 61.0 Å². The van der Waals surface area contributed by atoms with Crippen LogP contribution < -0.4 is 5.32 Å². The van der Waals surface area contributed by atoms with Crippen LogP contribution in [0.5, 0.6) is 0 Å². The van der Waals surface area contributed by atoms with Crippen molar-refractivity contribution < 1.29 is 4.79 Å². The van der Waals surface area contributed by atoms with E-state index in [9.17, 15) is 4.79 Å². The van der Waals surface area contributed by atoms with Crippen LogP contribution >= 0.6 is 0 Å². The van der Waals surface area contributed by atoms with E-state index in [1.807, 2.05) is 0 Å². The van der Waals surface area contributed by atoms with Gasteiger partial charge in [-0.15, -0.1) is 0 Å². The van der Waals surface area contributed by atoms with Gasteiger partial charge in [-0.2, -0.15) is 0 Å². The number of nitrogens with zero attached hydrogens (tertiary/aromatic N) is 2. The minimum Gasteiger partial charge on any atom is -0.352 e. The van der Waals surface area contributed by atoms with E-state index in [0.717, 1.165) is 39.0 Å². The molecule has 4 heteroatoms. The first-order valence-electron chi connectivity index (χ1n) is 9.91. The lowest BCUT2D eigenvalue weighted by Crippen LogP contribution is -2.58. The van der Waals surface area contributed by atoms with Crippen molar-refractivity contribution in [3.05, 3.63) is 35.9 Å². The summed E-state index contributed by atoms with van der Waals surface area (Å²) in [6.45, 7) is 8.85. The highest BCUT2D eigenvalue weighted by Crippen LogP contribution is 2.43. The van der Waals surface area contributed by atoms with Gasteiger partial charge in [0.25, 0.3) is 0 Å². The standard InChI is InChI=1S/C21H31N3O/c1-21-9-13-24(14-10-21)16-19(21)20(25)22-18-8-12-23(15-18)11-7-17-5-3-2-4-6-17/h2-6,18-19H,7-16H2,1H3,(H,22,25). The molecule has 5 rings (SSSR count). The molecule has 2 atom stereocenters. The van der Waals surface area contributed by atoms with Crippen molar-refractivity contribution in [3.63, 3.8) is 0 Å². The molecule has 0 aromatic heterocycles. The predicted molar refractivity (Wildman–Crippen MR) is 100 cm³/mol. The van der Waals surface area contributed by atoms with Gasteiger partial charge < -0.3 is 15.1 Å². The van der Waals surface area contributed by atoms with E-state index in [-0.39, 0.29) is 11.3 Å². The summed E-state index contributed by atoms with van der Waals surface area (Å²) in [5.41, 5.74) is 1.62. The Bertz CT molecular complexity index is 594. The zero-order chi connectivity index (χ0) is 17.3. The van der Waals surface area contributed by atoms with E-state index in [0.29, 0.717) is 11.9 Å². The van der Waals surface area contributed by atoms with E-state index in [2.05, 4.69) is 52.4 Å². The SMILES string of the molecule is CC12CCN(CC1)CC2C(=O)NC1CCN(CCc2ccccc2)C1. The van der Waals surface area contributed by atoms with Gasteiger partial charge in [0.15, 0.2) is 0 Å². The molecule has 1 aromatic rings. The molecular formula is C21H31N3O. The predicted octanol–water partition coefficient (Wildman–Crippen LogP) is 2.15. The lowest BCUT2D eigenvalue weighted by atomic mass is 9.66. The summed E-state index contributed by atoms with van der Waals surface area (Å²) in [6, 6.07) is 11.0. The minimum absolute atomic E-state index is 0.188. The number of likely N-dealkylation sites (tertiary alicyclic amines) is 1. The molecule has 4 aliphatic heterocycles. The van der Waals surface area contributed by atoms with Gasteiger partial charge in [-0.05, 0) is 49.8 Å². The van der Waals surface area contributed by atoms with Crippen LogP contribution in [0.2, 0.25) is 0 Å². The maximum Gasteiger partial charge on any atom is 0.225 e. The summed E-state index contributed by atoms with van der Waals surface area (Å²) in [7, 11) is 0. The molecule has 4 nitrogen and oxygen atoms in total. The maximum absolute atomic E-state index is 12.9. The van der Waals surface area contributed by atoms with E-state index in [1.54, 1.807) is 0 Å². The lowest BCUT2D eigenvalue weighted by Gasteiger charge is -2.51. The van der Waals surface area contributed by atoms with Crippen LogP contribution in [0.4, 0.5) is 0 Å². The molecule has 4 fully saturated rings. The van der Waals surface area contributed by atoms with Crippen molar-refractivity contribution in [1.82, 2.24) is 15.1 Å². The average Bonchev–Trinajstić information content (AvgIpc) is 3.08. The fourth-order valence-electron chi connectivity index (χ4n) is 4.86. The van der Waals surface area contributed by atoms with Gasteiger partial charge in [0, 0.05) is 32.2 Å². The number of piperidine rings is 3. The summed E-state index contributed by atoms with van der Waals surface area (Å²) >= 11 is 0. The van der Waals surface area contributed by atoms with Crippen molar-refractivity contribution >= 4 is 5.91 Å². The third-order valence-corrected chi connectivity index (χ3v) is 6.78. The Morgan fingerprint density at radius 2 is 1.92 bits per heavy atom. The highest BCUT2D eigenvalue weighted by Gasteiger charge is 2.47. The summed E-state index contributed by atoms with van der Waals surface area (Å²) in [5, 5.41) is 3.38. The van der Waals surface area contributed by atoms with Crippen molar-refractivity contribution in [2.45, 2.75) is 38.6 Å². The van der Waals surface area contributed by atoms with Crippen molar-refractivity contribution in [2.24, 2.45) is 11.3 Å². The highest BCUT2D eigenvalue weighted by molar-refractivity contribution is 5.80. The van der Waals surface area contributed by atoms with Crippen LogP contribution in [0, 0.1) is 11.3 Å². The topological polar surface area (TPSA) is 35.6 Å². The largest absolute Gasteiger partial charge is 0.352 e. The van der Waals surface area contributed by atoms with Crippen LogP contribution in [0.15, 0.2) is 30.3 Å². The molecule has 0 aliphatic carbocycles. The van der Waals surface area contributed by atoms with E-state index in [4.69, 9.17) is 0 Å². The first-order chi connectivity index (χ1) is 12.1. The van der Waals surface area contributed by atoms with E-state index >= 15 is 0 Å². The Morgan fingerprint density at radius 3 is 2.64 bits per heavy atom. The van der Waals surface area contributed by atoms with Crippen LogP contribution in [0.1, 0.15) is 31.7 Å². The Balaban J connectivity index is 1.26. The number of rotatable bonds is 5. The quantitative estimate of drug-likeness (QED) is 0.891. The van der Waals surface area contributed by atoms with Crippen LogP contribution in [0.25, 0.3) is 0 Å². The van der Waals surface area contributed by atoms with Gasteiger partial charge in [0.2, 0.25) is 5.91 Å². The molecule has 0 spiro atoms. The molecule has 25 heavy (non-hydrogen) atoms. The Hall–Kier alpha value is -1.39. The molecule has 0 saturated carbocycles. The summed E-state index contributed by atoms with van der Waals surface area (Å²) < 4.78 is 0. The van der Waals surface area contributed by atoms with Crippen molar-refractivity contribution in [1.29, 1.82) is 0 Å². The van der Waals surface area contributed by atoms with Gasteiger partial charge in [-0.25, -0.2) is 0 Å². The number of hydrogen-bond donors (Lipinski definition) is 1. The molecule has 1 aromatic carbocycles. The first kappa shape index (κ1) is 17.0. The second kappa shape index (κ2) is 7.08. The number of nitrogens with one attached hydrogen (secondary N) is 1. The summed E-state index contributed by atoms with van der Waals surface area (Å²) in [6.07, 6.45) is 4.54. The van der Waals surface area contributed by atoms with E-state index in [1.165, 1.54) is 31.5 Å². The normalized spacial score (nSPS) is 35.0. The Labute approximate surface area is 151 Å². The third-order valence-electron chi connectivity index (χ3n) is 6.78. The number of carbonyl (C=O) groups excluding carboxylic acids is 1. The van der Waals surface area contributed by atoms with Crippen molar-refractivity contribution in [3.8, 4) is 0 Å².